The third-order valence-corrected chi connectivity index (χ3v) is 3.00. The van der Waals surface area contributed by atoms with E-state index in [2.05, 4.69) is 18.9 Å². The number of nitrogens with zero attached hydrogens (tertiary/aromatic N) is 2. The van der Waals surface area contributed by atoms with Gasteiger partial charge in [0.15, 0.2) is 0 Å². The van der Waals surface area contributed by atoms with Gasteiger partial charge in [0.25, 0.3) is 0 Å². The molecule has 1 fully saturated rings. The Morgan fingerprint density at radius 2 is 2.40 bits per heavy atom. The molecular weight excluding hydrogens is 192 g/mol. The molecule has 0 amide bonds. The van der Waals surface area contributed by atoms with Gasteiger partial charge in [0.05, 0.1) is 5.69 Å². The first-order chi connectivity index (χ1) is 7.13. The van der Waals surface area contributed by atoms with Gasteiger partial charge in [-0.3, -0.25) is 4.68 Å². The number of aromatic nitrogens is 2. The molecule has 0 saturated heterocycles. The van der Waals surface area contributed by atoms with Crippen LogP contribution in [0.3, 0.4) is 0 Å². The fourth-order valence-electron chi connectivity index (χ4n) is 1.64. The number of rotatable bonds is 4. The van der Waals surface area contributed by atoms with Gasteiger partial charge in [-0.1, -0.05) is 6.92 Å². The number of hydrogen-bond donors (Lipinski definition) is 1. The Balaban J connectivity index is 2.35. The van der Waals surface area contributed by atoms with Gasteiger partial charge in [-0.25, -0.2) is 4.79 Å². The maximum absolute atomic E-state index is 11.0. The lowest BCUT2D eigenvalue weighted by atomic mass is 10.2. The third kappa shape index (κ3) is 1.89. The number of carboxylic acid groups (broad SMARTS) is 1. The molecule has 1 N–H and O–H groups in total. The van der Waals surface area contributed by atoms with Crippen molar-refractivity contribution in [3.63, 3.8) is 0 Å². The molecule has 1 aliphatic rings. The topological polar surface area (TPSA) is 55.1 Å². The summed E-state index contributed by atoms with van der Waals surface area (Å²) in [7, 11) is 0. The number of aromatic carboxylic acids is 1. The van der Waals surface area contributed by atoms with E-state index in [0.29, 0.717) is 11.5 Å². The third-order valence-electron chi connectivity index (χ3n) is 3.00. The monoisotopic (exact) mass is 208 g/mol. The Morgan fingerprint density at radius 3 is 2.87 bits per heavy atom. The summed E-state index contributed by atoms with van der Waals surface area (Å²) in [5.74, 6) is -0.465. The van der Waals surface area contributed by atoms with Gasteiger partial charge in [0.2, 0.25) is 0 Å². The zero-order valence-corrected chi connectivity index (χ0v) is 9.10. The van der Waals surface area contributed by atoms with Crippen molar-refractivity contribution in [1.29, 1.82) is 0 Å². The largest absolute Gasteiger partial charge is 0.478 e. The van der Waals surface area contributed by atoms with E-state index in [1.54, 1.807) is 10.9 Å². The van der Waals surface area contributed by atoms with Crippen molar-refractivity contribution in [1.82, 2.24) is 9.78 Å². The summed E-state index contributed by atoms with van der Waals surface area (Å²) >= 11 is 0. The molecule has 4 heteroatoms. The van der Waals surface area contributed by atoms with E-state index < -0.39 is 5.97 Å². The summed E-state index contributed by atoms with van der Waals surface area (Å²) in [5, 5.41) is 13.5. The molecule has 1 unspecified atom stereocenters. The van der Waals surface area contributed by atoms with Crippen LogP contribution >= 0.6 is 0 Å². The lowest BCUT2D eigenvalue weighted by molar-refractivity contribution is 0.0695. The van der Waals surface area contributed by atoms with Crippen molar-refractivity contribution in [2.75, 3.05) is 0 Å². The van der Waals surface area contributed by atoms with Gasteiger partial charge < -0.3 is 5.11 Å². The average molecular weight is 208 g/mol. The average Bonchev–Trinajstić information content (AvgIpc) is 2.96. The SMILES string of the molecule is CCC(C)n1cc(C(=O)O)c(C2CC2)n1. The maximum atomic E-state index is 11.0. The summed E-state index contributed by atoms with van der Waals surface area (Å²) in [6.45, 7) is 4.12. The van der Waals surface area contributed by atoms with Crippen LogP contribution in [0.1, 0.15) is 61.1 Å². The van der Waals surface area contributed by atoms with Crippen molar-refractivity contribution in [2.24, 2.45) is 0 Å². The lowest BCUT2D eigenvalue weighted by Crippen LogP contribution is -2.04. The van der Waals surface area contributed by atoms with Crippen LogP contribution in [0.15, 0.2) is 6.20 Å². The Bertz CT molecular complexity index is 380. The molecule has 1 saturated carbocycles. The highest BCUT2D eigenvalue weighted by atomic mass is 16.4. The molecule has 0 aliphatic heterocycles. The van der Waals surface area contributed by atoms with Crippen LogP contribution in [-0.2, 0) is 0 Å². The molecule has 1 heterocycles. The molecule has 0 radical (unpaired) electrons. The Hall–Kier alpha value is -1.32. The Labute approximate surface area is 88.9 Å². The molecule has 4 nitrogen and oxygen atoms in total. The number of carboxylic acids is 1. The van der Waals surface area contributed by atoms with Crippen molar-refractivity contribution in [3.05, 3.63) is 17.5 Å². The van der Waals surface area contributed by atoms with E-state index in [9.17, 15) is 4.79 Å². The minimum atomic E-state index is -0.855. The minimum absolute atomic E-state index is 0.274. The first-order valence-electron chi connectivity index (χ1n) is 5.45. The molecule has 1 aliphatic carbocycles. The molecule has 15 heavy (non-hydrogen) atoms. The zero-order valence-electron chi connectivity index (χ0n) is 9.10. The van der Waals surface area contributed by atoms with Crippen molar-refractivity contribution >= 4 is 5.97 Å². The minimum Gasteiger partial charge on any atom is -0.478 e. The number of carbonyl (C=O) groups is 1. The molecule has 82 valence electrons. The first kappa shape index (κ1) is 10.2. The Morgan fingerprint density at radius 1 is 1.73 bits per heavy atom. The van der Waals surface area contributed by atoms with E-state index in [-0.39, 0.29) is 6.04 Å². The highest BCUT2D eigenvalue weighted by Gasteiger charge is 2.31. The highest BCUT2D eigenvalue weighted by molar-refractivity contribution is 5.89. The number of hydrogen-bond acceptors (Lipinski definition) is 2. The van der Waals surface area contributed by atoms with E-state index in [1.165, 1.54) is 0 Å². The van der Waals surface area contributed by atoms with Crippen LogP contribution in [0.2, 0.25) is 0 Å². The van der Waals surface area contributed by atoms with Crippen LogP contribution in [0, 0.1) is 0 Å². The van der Waals surface area contributed by atoms with Crippen LogP contribution < -0.4 is 0 Å². The van der Waals surface area contributed by atoms with Gasteiger partial charge in [0.1, 0.15) is 5.56 Å². The van der Waals surface area contributed by atoms with E-state index in [4.69, 9.17) is 5.11 Å². The molecule has 1 aromatic rings. The quantitative estimate of drug-likeness (QED) is 0.826. The standard InChI is InChI=1S/C11H16N2O2/c1-3-7(2)13-6-9(11(14)15)10(12-13)8-4-5-8/h6-8H,3-5H2,1-2H3,(H,14,15). The van der Waals surface area contributed by atoms with Crippen molar-refractivity contribution < 1.29 is 9.90 Å². The van der Waals surface area contributed by atoms with Gasteiger partial charge in [-0.05, 0) is 26.2 Å². The van der Waals surface area contributed by atoms with Crippen LogP contribution in [-0.4, -0.2) is 20.9 Å². The molecule has 0 bridgehead atoms. The van der Waals surface area contributed by atoms with Gasteiger partial charge >= 0.3 is 5.97 Å². The summed E-state index contributed by atoms with van der Waals surface area (Å²) in [4.78, 5) is 11.0. The van der Waals surface area contributed by atoms with Crippen molar-refractivity contribution in [2.45, 2.75) is 45.1 Å². The normalized spacial score (nSPS) is 17.7. The summed E-state index contributed by atoms with van der Waals surface area (Å²) < 4.78 is 1.79. The van der Waals surface area contributed by atoms with Crippen molar-refractivity contribution in [3.8, 4) is 0 Å². The van der Waals surface area contributed by atoms with Gasteiger partial charge in [0, 0.05) is 18.2 Å². The highest BCUT2D eigenvalue weighted by Crippen LogP contribution is 2.41. The fourth-order valence-corrected chi connectivity index (χ4v) is 1.64. The molecular formula is C11H16N2O2. The van der Waals surface area contributed by atoms with Crippen LogP contribution in [0.25, 0.3) is 0 Å². The lowest BCUT2D eigenvalue weighted by Gasteiger charge is -2.07. The summed E-state index contributed by atoms with van der Waals surface area (Å²) in [6.07, 6.45) is 4.80. The summed E-state index contributed by atoms with van der Waals surface area (Å²) in [6, 6.07) is 0.274. The molecule has 0 spiro atoms. The van der Waals surface area contributed by atoms with E-state index >= 15 is 0 Å². The van der Waals surface area contributed by atoms with Crippen LogP contribution in [0.4, 0.5) is 0 Å². The molecule has 2 rings (SSSR count). The van der Waals surface area contributed by atoms with Crippen LogP contribution in [0.5, 0.6) is 0 Å². The molecule has 0 aromatic carbocycles. The Kier molecular flexibility index (Phi) is 2.50. The summed E-state index contributed by atoms with van der Waals surface area (Å²) in [5.41, 5.74) is 1.17. The van der Waals surface area contributed by atoms with E-state index in [1.807, 2.05) is 0 Å². The zero-order chi connectivity index (χ0) is 11.0. The van der Waals surface area contributed by atoms with Gasteiger partial charge in [-0.2, -0.15) is 5.10 Å². The molecule has 1 atom stereocenters. The smallest absolute Gasteiger partial charge is 0.339 e. The first-order valence-corrected chi connectivity index (χ1v) is 5.45. The van der Waals surface area contributed by atoms with E-state index in [0.717, 1.165) is 25.0 Å². The van der Waals surface area contributed by atoms with Gasteiger partial charge in [-0.15, -0.1) is 0 Å². The predicted molar refractivity (Wildman–Crippen MR) is 56.2 cm³/mol. The molecule has 1 aromatic heterocycles. The maximum Gasteiger partial charge on any atom is 0.339 e. The predicted octanol–water partition coefficient (Wildman–Crippen LogP) is 2.43. The second-order valence-corrected chi connectivity index (χ2v) is 4.24. The second-order valence-electron chi connectivity index (χ2n) is 4.24. The fraction of sp³-hybridized carbons (Fsp3) is 0.636. The second kappa shape index (κ2) is 3.68.